The summed E-state index contributed by atoms with van der Waals surface area (Å²) in [5, 5.41) is -0.365. The molecule has 0 saturated carbocycles. The average molecular weight is 147 g/mol. The van der Waals surface area contributed by atoms with Gasteiger partial charge in [-0.3, -0.25) is 4.79 Å². The van der Waals surface area contributed by atoms with E-state index in [2.05, 4.69) is 0 Å². The summed E-state index contributed by atoms with van der Waals surface area (Å²) in [7, 11) is 0. The Balaban J connectivity index is 2.74. The number of rotatable bonds is 1. The topological polar surface area (TPSA) is 26.3 Å². The quantitative estimate of drug-likeness (QED) is 0.522. The van der Waals surface area contributed by atoms with Crippen LogP contribution in [0.5, 0.6) is 0 Å². The summed E-state index contributed by atoms with van der Waals surface area (Å²) in [4.78, 5) is 10.6. The van der Waals surface area contributed by atoms with Crippen molar-refractivity contribution in [1.82, 2.24) is 0 Å². The van der Waals surface area contributed by atoms with Gasteiger partial charge in [0, 0.05) is 0 Å². The summed E-state index contributed by atoms with van der Waals surface area (Å²) in [6.07, 6.45) is 3.17. The van der Waals surface area contributed by atoms with E-state index in [1.54, 1.807) is 13.0 Å². The smallest absolute Gasteiger partial charge is 0.234 e. The van der Waals surface area contributed by atoms with Crippen molar-refractivity contribution in [1.29, 1.82) is 0 Å². The van der Waals surface area contributed by atoms with E-state index in [4.69, 9.17) is 16.3 Å². The number of halogens is 1. The van der Waals surface area contributed by atoms with Crippen LogP contribution < -0.4 is 0 Å². The first-order valence-electron chi connectivity index (χ1n) is 2.64. The Hall–Kier alpha value is -0.500. The fraction of sp³-hybridized carbons (Fsp3) is 0.500. The Kier molecular flexibility index (Phi) is 1.49. The van der Waals surface area contributed by atoms with Crippen LogP contribution in [0.25, 0.3) is 0 Å². The summed E-state index contributed by atoms with van der Waals surface area (Å²) >= 11 is 5.26. The standard InChI is InChI=1S/C6H7ClO2/c1-6(5(7)8)2-3-9-4-6/h2-3H,4H2,1H3. The molecule has 50 valence electrons. The Bertz CT molecular complexity index is 164. The van der Waals surface area contributed by atoms with Crippen LogP contribution in [-0.4, -0.2) is 11.8 Å². The monoisotopic (exact) mass is 146 g/mol. The first-order chi connectivity index (χ1) is 4.15. The molecule has 0 saturated heterocycles. The maximum absolute atomic E-state index is 10.6. The summed E-state index contributed by atoms with van der Waals surface area (Å²) in [5.74, 6) is 0. The zero-order valence-electron chi connectivity index (χ0n) is 5.06. The van der Waals surface area contributed by atoms with Crippen LogP contribution in [0.15, 0.2) is 12.3 Å². The summed E-state index contributed by atoms with van der Waals surface area (Å²) < 4.78 is 4.84. The predicted octanol–water partition coefficient (Wildman–Crippen LogP) is 1.30. The second-order valence-corrected chi connectivity index (χ2v) is 2.65. The van der Waals surface area contributed by atoms with E-state index >= 15 is 0 Å². The molecule has 0 radical (unpaired) electrons. The SMILES string of the molecule is CC1(C(=O)Cl)C=COC1. The molecule has 1 unspecified atom stereocenters. The molecule has 1 aliphatic rings. The van der Waals surface area contributed by atoms with Gasteiger partial charge in [-0.1, -0.05) is 0 Å². The van der Waals surface area contributed by atoms with E-state index in [0.29, 0.717) is 6.61 Å². The van der Waals surface area contributed by atoms with Gasteiger partial charge >= 0.3 is 0 Å². The largest absolute Gasteiger partial charge is 0.500 e. The number of hydrogen-bond acceptors (Lipinski definition) is 2. The van der Waals surface area contributed by atoms with E-state index in [1.807, 2.05) is 0 Å². The molecule has 0 aromatic heterocycles. The minimum Gasteiger partial charge on any atom is -0.500 e. The third-order valence-electron chi connectivity index (χ3n) is 1.36. The Morgan fingerprint density at radius 3 is 2.78 bits per heavy atom. The van der Waals surface area contributed by atoms with Crippen LogP contribution in [-0.2, 0) is 9.53 Å². The third-order valence-corrected chi connectivity index (χ3v) is 1.80. The minimum atomic E-state index is -0.582. The van der Waals surface area contributed by atoms with Crippen LogP contribution in [0.3, 0.4) is 0 Å². The van der Waals surface area contributed by atoms with Gasteiger partial charge in [0.05, 0.1) is 11.7 Å². The van der Waals surface area contributed by atoms with Crippen molar-refractivity contribution >= 4 is 16.8 Å². The first-order valence-corrected chi connectivity index (χ1v) is 3.02. The highest BCUT2D eigenvalue weighted by molar-refractivity contribution is 6.65. The van der Waals surface area contributed by atoms with Crippen molar-refractivity contribution in [3.8, 4) is 0 Å². The zero-order chi connectivity index (χ0) is 6.91. The van der Waals surface area contributed by atoms with Crippen molar-refractivity contribution in [2.24, 2.45) is 5.41 Å². The van der Waals surface area contributed by atoms with E-state index in [0.717, 1.165) is 0 Å². The molecule has 0 N–H and O–H groups in total. The lowest BCUT2D eigenvalue weighted by Crippen LogP contribution is -2.22. The molecule has 2 nitrogen and oxygen atoms in total. The second kappa shape index (κ2) is 2.03. The molecule has 0 fully saturated rings. The van der Waals surface area contributed by atoms with Crippen LogP contribution in [0.4, 0.5) is 0 Å². The van der Waals surface area contributed by atoms with Gasteiger partial charge in [0.25, 0.3) is 0 Å². The Morgan fingerprint density at radius 1 is 1.89 bits per heavy atom. The van der Waals surface area contributed by atoms with Gasteiger partial charge < -0.3 is 4.74 Å². The lowest BCUT2D eigenvalue weighted by molar-refractivity contribution is -0.118. The number of ether oxygens (including phenoxy) is 1. The van der Waals surface area contributed by atoms with E-state index in [9.17, 15) is 4.79 Å². The van der Waals surface area contributed by atoms with Gasteiger partial charge in [0.2, 0.25) is 5.24 Å². The molecule has 0 aromatic rings. The molecule has 0 amide bonds. The highest BCUT2D eigenvalue weighted by Crippen LogP contribution is 2.26. The molecule has 0 spiro atoms. The molecule has 1 rings (SSSR count). The fourth-order valence-corrected chi connectivity index (χ4v) is 0.707. The van der Waals surface area contributed by atoms with Crippen molar-refractivity contribution in [2.75, 3.05) is 6.61 Å². The van der Waals surface area contributed by atoms with Crippen molar-refractivity contribution in [2.45, 2.75) is 6.92 Å². The van der Waals surface area contributed by atoms with Gasteiger partial charge in [0.15, 0.2) is 0 Å². The lowest BCUT2D eigenvalue weighted by Gasteiger charge is -2.12. The molecule has 0 aliphatic carbocycles. The summed E-state index contributed by atoms with van der Waals surface area (Å²) in [6, 6.07) is 0. The number of hydrogen-bond donors (Lipinski definition) is 0. The Labute approximate surface area is 58.4 Å². The fourth-order valence-electron chi connectivity index (χ4n) is 0.590. The highest BCUT2D eigenvalue weighted by Gasteiger charge is 2.32. The van der Waals surface area contributed by atoms with Crippen molar-refractivity contribution in [3.05, 3.63) is 12.3 Å². The normalized spacial score (nSPS) is 32.2. The van der Waals surface area contributed by atoms with E-state index in [1.165, 1.54) is 6.26 Å². The van der Waals surface area contributed by atoms with Gasteiger partial charge in [-0.2, -0.15) is 0 Å². The molecular formula is C6H7ClO2. The maximum Gasteiger partial charge on any atom is 0.234 e. The van der Waals surface area contributed by atoms with Crippen LogP contribution in [0, 0.1) is 5.41 Å². The highest BCUT2D eigenvalue weighted by atomic mass is 35.5. The summed E-state index contributed by atoms with van der Waals surface area (Å²) in [6.45, 7) is 2.11. The third kappa shape index (κ3) is 1.08. The van der Waals surface area contributed by atoms with E-state index in [-0.39, 0.29) is 5.24 Å². The molecule has 0 bridgehead atoms. The van der Waals surface area contributed by atoms with Gasteiger partial charge in [-0.25, -0.2) is 0 Å². The molecule has 3 heteroatoms. The maximum atomic E-state index is 10.6. The first kappa shape index (κ1) is 6.62. The van der Waals surface area contributed by atoms with Gasteiger partial charge in [-0.05, 0) is 24.6 Å². The molecular weight excluding hydrogens is 140 g/mol. The molecule has 0 aromatic carbocycles. The number of carbonyl (C=O) groups excluding carboxylic acids is 1. The molecule has 1 atom stereocenters. The summed E-state index contributed by atoms with van der Waals surface area (Å²) in [5.41, 5.74) is -0.582. The van der Waals surface area contributed by atoms with Crippen LogP contribution >= 0.6 is 11.6 Å². The predicted molar refractivity (Wildman–Crippen MR) is 34.1 cm³/mol. The zero-order valence-corrected chi connectivity index (χ0v) is 5.81. The lowest BCUT2D eigenvalue weighted by atomic mass is 9.95. The van der Waals surface area contributed by atoms with Crippen LogP contribution in [0.2, 0.25) is 0 Å². The van der Waals surface area contributed by atoms with Crippen molar-refractivity contribution in [3.63, 3.8) is 0 Å². The minimum absolute atomic E-state index is 0.365. The molecule has 1 aliphatic heterocycles. The second-order valence-electron chi connectivity index (χ2n) is 2.30. The van der Waals surface area contributed by atoms with E-state index < -0.39 is 5.41 Å². The Morgan fingerprint density at radius 2 is 2.56 bits per heavy atom. The van der Waals surface area contributed by atoms with Crippen LogP contribution in [0.1, 0.15) is 6.92 Å². The average Bonchev–Trinajstić information content (AvgIpc) is 2.16. The van der Waals surface area contributed by atoms with Crippen molar-refractivity contribution < 1.29 is 9.53 Å². The van der Waals surface area contributed by atoms with Gasteiger partial charge in [0.1, 0.15) is 6.61 Å². The number of carbonyl (C=O) groups is 1. The van der Waals surface area contributed by atoms with Gasteiger partial charge in [-0.15, -0.1) is 0 Å². The molecule has 9 heavy (non-hydrogen) atoms. The molecule has 1 heterocycles.